The monoisotopic (exact) mass is 261 g/mol. The van der Waals surface area contributed by atoms with E-state index in [0.717, 1.165) is 5.75 Å². The van der Waals surface area contributed by atoms with Gasteiger partial charge in [-0.2, -0.15) is 0 Å². The number of nitrogens with zero attached hydrogens (tertiary/aromatic N) is 2. The summed E-state index contributed by atoms with van der Waals surface area (Å²) in [5.41, 5.74) is 6.70. The largest absolute Gasteiger partial charge is 0.484 e. The Labute approximate surface area is 112 Å². The third kappa shape index (κ3) is 3.79. The van der Waals surface area contributed by atoms with Crippen LogP contribution in [0.5, 0.6) is 5.75 Å². The summed E-state index contributed by atoms with van der Waals surface area (Å²) in [7, 11) is 0. The molecule has 1 aromatic heterocycles. The van der Waals surface area contributed by atoms with Crippen molar-refractivity contribution in [1.29, 1.82) is 0 Å². The molecule has 2 aromatic rings. The van der Waals surface area contributed by atoms with Crippen molar-refractivity contribution < 1.29 is 9.15 Å². The Bertz CT molecular complexity index is 506. The van der Waals surface area contributed by atoms with Crippen LogP contribution in [0.4, 0.5) is 0 Å². The molecule has 0 radical (unpaired) electrons. The van der Waals surface area contributed by atoms with Crippen LogP contribution < -0.4 is 10.5 Å². The van der Waals surface area contributed by atoms with Crippen molar-refractivity contribution in [3.8, 4) is 5.75 Å². The number of nitrogens with two attached hydrogens (primary N) is 1. The number of hydrogen-bond donors (Lipinski definition) is 1. The molecule has 0 atom stereocenters. The molecule has 0 spiro atoms. The lowest BCUT2D eigenvalue weighted by atomic mass is 10.0. The molecule has 1 aromatic carbocycles. The number of rotatable bonds is 6. The van der Waals surface area contributed by atoms with E-state index in [9.17, 15) is 0 Å². The van der Waals surface area contributed by atoms with Gasteiger partial charge in [-0.3, -0.25) is 0 Å². The molecule has 0 aliphatic carbocycles. The second-order valence-corrected chi connectivity index (χ2v) is 4.64. The van der Waals surface area contributed by atoms with E-state index < -0.39 is 0 Å². The average Bonchev–Trinajstić information content (AvgIpc) is 2.85. The van der Waals surface area contributed by atoms with Crippen LogP contribution in [0, 0.1) is 0 Å². The Kier molecular flexibility index (Phi) is 4.52. The van der Waals surface area contributed by atoms with Gasteiger partial charge in [0.25, 0.3) is 5.89 Å². The summed E-state index contributed by atoms with van der Waals surface area (Å²) in [6.07, 6.45) is 0.593. The first-order chi connectivity index (χ1) is 9.19. The summed E-state index contributed by atoms with van der Waals surface area (Å²) >= 11 is 0. The van der Waals surface area contributed by atoms with Gasteiger partial charge in [0, 0.05) is 13.0 Å². The van der Waals surface area contributed by atoms with E-state index in [1.165, 1.54) is 5.56 Å². The molecule has 2 rings (SSSR count). The Balaban J connectivity index is 1.90. The minimum atomic E-state index is 0.276. The predicted octanol–water partition coefficient (Wildman–Crippen LogP) is 2.27. The second-order valence-electron chi connectivity index (χ2n) is 4.64. The summed E-state index contributed by atoms with van der Waals surface area (Å²) in [5, 5.41) is 7.78. The lowest BCUT2D eigenvalue weighted by Crippen LogP contribution is -2.02. The fourth-order valence-electron chi connectivity index (χ4n) is 1.67. The standard InChI is InChI=1S/C14H19N3O2/c1-10(2)11-3-5-12(6-4-11)18-9-14-17-16-13(19-14)7-8-15/h3-6,10H,7-9,15H2,1-2H3. The minimum Gasteiger partial charge on any atom is -0.484 e. The topological polar surface area (TPSA) is 74.2 Å². The zero-order valence-electron chi connectivity index (χ0n) is 11.3. The molecule has 0 amide bonds. The fourth-order valence-corrected chi connectivity index (χ4v) is 1.67. The number of aromatic nitrogens is 2. The van der Waals surface area contributed by atoms with Gasteiger partial charge >= 0.3 is 0 Å². The third-order valence-electron chi connectivity index (χ3n) is 2.78. The smallest absolute Gasteiger partial charge is 0.253 e. The molecule has 5 heteroatoms. The summed E-state index contributed by atoms with van der Waals surface area (Å²) in [4.78, 5) is 0. The first-order valence-electron chi connectivity index (χ1n) is 6.43. The van der Waals surface area contributed by atoms with Gasteiger partial charge in [0.2, 0.25) is 5.89 Å². The van der Waals surface area contributed by atoms with E-state index in [0.29, 0.717) is 30.7 Å². The van der Waals surface area contributed by atoms with Crippen molar-refractivity contribution in [3.63, 3.8) is 0 Å². The van der Waals surface area contributed by atoms with E-state index in [-0.39, 0.29) is 6.61 Å². The highest BCUT2D eigenvalue weighted by atomic mass is 16.5. The quantitative estimate of drug-likeness (QED) is 0.863. The van der Waals surface area contributed by atoms with Crippen LogP contribution in [0.25, 0.3) is 0 Å². The van der Waals surface area contributed by atoms with Gasteiger partial charge in [-0.1, -0.05) is 26.0 Å². The Morgan fingerprint density at radius 3 is 2.47 bits per heavy atom. The van der Waals surface area contributed by atoms with Crippen LogP contribution in [0.1, 0.15) is 37.1 Å². The minimum absolute atomic E-state index is 0.276. The Morgan fingerprint density at radius 2 is 1.84 bits per heavy atom. The highest BCUT2D eigenvalue weighted by molar-refractivity contribution is 5.28. The molecule has 19 heavy (non-hydrogen) atoms. The van der Waals surface area contributed by atoms with E-state index in [1.807, 2.05) is 12.1 Å². The fraction of sp³-hybridized carbons (Fsp3) is 0.429. The number of benzene rings is 1. The number of hydrogen-bond acceptors (Lipinski definition) is 5. The van der Waals surface area contributed by atoms with E-state index in [1.54, 1.807) is 0 Å². The van der Waals surface area contributed by atoms with Crippen molar-refractivity contribution in [3.05, 3.63) is 41.6 Å². The van der Waals surface area contributed by atoms with Crippen molar-refractivity contribution in [2.24, 2.45) is 5.73 Å². The number of ether oxygens (including phenoxy) is 1. The Morgan fingerprint density at radius 1 is 1.16 bits per heavy atom. The molecule has 2 N–H and O–H groups in total. The lowest BCUT2D eigenvalue weighted by Gasteiger charge is -2.07. The van der Waals surface area contributed by atoms with Gasteiger partial charge in [0.05, 0.1) is 0 Å². The van der Waals surface area contributed by atoms with Gasteiger partial charge in [0.1, 0.15) is 5.75 Å². The van der Waals surface area contributed by atoms with Gasteiger partial charge in [-0.25, -0.2) is 0 Å². The predicted molar refractivity (Wildman–Crippen MR) is 71.9 cm³/mol. The van der Waals surface area contributed by atoms with Crippen molar-refractivity contribution in [2.75, 3.05) is 6.54 Å². The van der Waals surface area contributed by atoms with E-state index in [4.69, 9.17) is 14.9 Å². The molecule has 0 fully saturated rings. The maximum absolute atomic E-state index is 5.59. The normalized spacial score (nSPS) is 10.9. The van der Waals surface area contributed by atoms with Crippen molar-refractivity contribution in [1.82, 2.24) is 10.2 Å². The lowest BCUT2D eigenvalue weighted by molar-refractivity contribution is 0.259. The van der Waals surface area contributed by atoms with E-state index in [2.05, 4.69) is 36.2 Å². The summed E-state index contributed by atoms with van der Waals surface area (Å²) in [5.74, 6) is 2.33. The van der Waals surface area contributed by atoms with Gasteiger partial charge in [-0.15, -0.1) is 10.2 Å². The van der Waals surface area contributed by atoms with Gasteiger partial charge in [-0.05, 0) is 23.6 Å². The second kappa shape index (κ2) is 6.33. The molecule has 0 saturated carbocycles. The molecule has 1 heterocycles. The van der Waals surface area contributed by atoms with Crippen LogP contribution in [0.2, 0.25) is 0 Å². The van der Waals surface area contributed by atoms with Crippen LogP contribution in [-0.4, -0.2) is 16.7 Å². The molecule has 0 aliphatic heterocycles. The molecular weight excluding hydrogens is 242 g/mol. The first kappa shape index (κ1) is 13.5. The van der Waals surface area contributed by atoms with Crippen molar-refractivity contribution in [2.45, 2.75) is 32.8 Å². The molecule has 0 bridgehead atoms. The first-order valence-corrected chi connectivity index (χ1v) is 6.43. The van der Waals surface area contributed by atoms with Crippen LogP contribution >= 0.6 is 0 Å². The maximum Gasteiger partial charge on any atom is 0.253 e. The molecule has 102 valence electrons. The Hall–Kier alpha value is -1.88. The van der Waals surface area contributed by atoms with E-state index >= 15 is 0 Å². The zero-order valence-corrected chi connectivity index (χ0v) is 11.3. The summed E-state index contributed by atoms with van der Waals surface area (Å²) < 4.78 is 11.0. The molecular formula is C14H19N3O2. The molecule has 5 nitrogen and oxygen atoms in total. The summed E-state index contributed by atoms with van der Waals surface area (Å²) in [6.45, 7) is 5.10. The molecule has 0 aliphatic rings. The zero-order chi connectivity index (χ0) is 13.7. The van der Waals surface area contributed by atoms with Crippen LogP contribution in [-0.2, 0) is 13.0 Å². The molecule has 0 saturated heterocycles. The van der Waals surface area contributed by atoms with Gasteiger partial charge < -0.3 is 14.9 Å². The molecule has 0 unspecified atom stereocenters. The maximum atomic E-state index is 5.59. The van der Waals surface area contributed by atoms with Crippen LogP contribution in [0.15, 0.2) is 28.7 Å². The third-order valence-corrected chi connectivity index (χ3v) is 2.78. The summed E-state index contributed by atoms with van der Waals surface area (Å²) in [6, 6.07) is 8.03. The highest BCUT2D eigenvalue weighted by Gasteiger charge is 2.06. The van der Waals surface area contributed by atoms with Crippen molar-refractivity contribution >= 4 is 0 Å². The van der Waals surface area contributed by atoms with Crippen LogP contribution in [0.3, 0.4) is 0 Å². The SMILES string of the molecule is CC(C)c1ccc(OCc2nnc(CCN)o2)cc1. The van der Waals surface area contributed by atoms with Gasteiger partial charge in [0.15, 0.2) is 6.61 Å². The average molecular weight is 261 g/mol. The highest BCUT2D eigenvalue weighted by Crippen LogP contribution is 2.19.